The second kappa shape index (κ2) is 5.79. The number of amides is 1. The number of nitrogens with one attached hydrogen (secondary N) is 1. The number of hydrogen-bond donors (Lipinski definition) is 1. The molecule has 1 N–H and O–H groups in total. The zero-order valence-corrected chi connectivity index (χ0v) is 14.4. The molecule has 0 aliphatic carbocycles. The van der Waals surface area contributed by atoms with Gasteiger partial charge >= 0.3 is 0 Å². The van der Waals surface area contributed by atoms with Crippen molar-refractivity contribution in [1.29, 1.82) is 0 Å². The molecule has 118 valence electrons. The summed E-state index contributed by atoms with van der Waals surface area (Å²) in [5.74, 6) is -0.887. The van der Waals surface area contributed by atoms with E-state index in [4.69, 9.17) is 0 Å². The molecule has 0 atom stereocenters. The van der Waals surface area contributed by atoms with Crippen LogP contribution < -0.4 is 4.72 Å². The second-order valence-electron chi connectivity index (χ2n) is 7.45. The summed E-state index contributed by atoms with van der Waals surface area (Å²) in [4.78, 5) is 12.6. The van der Waals surface area contributed by atoms with E-state index >= 15 is 0 Å². The highest BCUT2D eigenvalue weighted by molar-refractivity contribution is 7.90. The van der Waals surface area contributed by atoms with Crippen LogP contribution in [-0.4, -0.2) is 14.3 Å². The van der Waals surface area contributed by atoms with E-state index < -0.39 is 21.8 Å². The van der Waals surface area contributed by atoms with Gasteiger partial charge in [-0.3, -0.25) is 4.79 Å². The Hall–Kier alpha value is -1.36. The van der Waals surface area contributed by atoms with Gasteiger partial charge in [-0.1, -0.05) is 59.7 Å². The van der Waals surface area contributed by atoms with Gasteiger partial charge in [-0.05, 0) is 23.0 Å². The molecule has 0 heterocycles. The number of carbonyl (C=O) groups is 1. The van der Waals surface area contributed by atoms with Crippen molar-refractivity contribution in [3.05, 3.63) is 30.3 Å². The zero-order chi connectivity index (χ0) is 16.5. The summed E-state index contributed by atoms with van der Waals surface area (Å²) in [5, 5.41) is 0. The first kappa shape index (κ1) is 17.7. The van der Waals surface area contributed by atoms with Gasteiger partial charge in [0.25, 0.3) is 10.0 Å². The van der Waals surface area contributed by atoms with Crippen LogP contribution in [0.5, 0.6) is 0 Å². The summed E-state index contributed by atoms with van der Waals surface area (Å²) in [6.45, 7) is 11.7. The topological polar surface area (TPSA) is 63.2 Å². The molecule has 1 amide bonds. The van der Waals surface area contributed by atoms with E-state index in [1.165, 1.54) is 12.1 Å². The van der Waals surface area contributed by atoms with E-state index in [9.17, 15) is 13.2 Å². The van der Waals surface area contributed by atoms with Gasteiger partial charge in [-0.25, -0.2) is 13.1 Å². The largest absolute Gasteiger partial charge is 0.274 e. The Morgan fingerprint density at radius 2 is 1.38 bits per heavy atom. The summed E-state index contributed by atoms with van der Waals surface area (Å²) in [7, 11) is -3.82. The molecule has 0 aliphatic heterocycles. The number of benzene rings is 1. The Morgan fingerprint density at radius 3 is 1.76 bits per heavy atom. The predicted octanol–water partition coefficient (Wildman–Crippen LogP) is 3.20. The monoisotopic (exact) mass is 311 g/mol. The van der Waals surface area contributed by atoms with Crippen molar-refractivity contribution in [3.63, 3.8) is 0 Å². The van der Waals surface area contributed by atoms with Gasteiger partial charge in [0.05, 0.1) is 4.90 Å². The maximum Gasteiger partial charge on any atom is 0.264 e. The number of sulfonamides is 1. The first-order chi connectivity index (χ1) is 9.36. The maximum absolute atomic E-state index is 12.5. The van der Waals surface area contributed by atoms with Crippen molar-refractivity contribution in [3.8, 4) is 0 Å². The molecule has 1 rings (SSSR count). The zero-order valence-electron chi connectivity index (χ0n) is 13.6. The molecule has 0 radical (unpaired) electrons. The summed E-state index contributed by atoms with van der Waals surface area (Å²) in [6, 6.07) is 7.93. The lowest BCUT2D eigenvalue weighted by Gasteiger charge is -2.39. The first-order valence-corrected chi connectivity index (χ1v) is 8.46. The smallest absolute Gasteiger partial charge is 0.264 e. The minimum absolute atomic E-state index is 0.0971. The van der Waals surface area contributed by atoms with Crippen molar-refractivity contribution in [2.24, 2.45) is 16.7 Å². The number of rotatable bonds is 3. The average molecular weight is 311 g/mol. The molecule has 0 aromatic heterocycles. The Kier molecular flexibility index (Phi) is 4.88. The van der Waals surface area contributed by atoms with Crippen LogP contribution >= 0.6 is 0 Å². The van der Waals surface area contributed by atoms with Crippen molar-refractivity contribution in [2.45, 2.75) is 46.4 Å². The van der Waals surface area contributed by atoms with Crippen LogP contribution in [0.15, 0.2) is 35.2 Å². The fourth-order valence-corrected chi connectivity index (χ4v) is 3.95. The molecular formula is C16H25NO3S. The molecule has 0 bridgehead atoms. The van der Waals surface area contributed by atoms with Gasteiger partial charge in [0, 0.05) is 5.92 Å². The van der Waals surface area contributed by atoms with Crippen LogP contribution in [0, 0.1) is 16.7 Å². The minimum atomic E-state index is -3.82. The van der Waals surface area contributed by atoms with E-state index in [1.807, 2.05) is 41.5 Å². The Morgan fingerprint density at radius 1 is 0.952 bits per heavy atom. The van der Waals surface area contributed by atoms with Crippen LogP contribution in [0.1, 0.15) is 41.5 Å². The van der Waals surface area contributed by atoms with Gasteiger partial charge in [0.15, 0.2) is 0 Å². The molecule has 0 saturated heterocycles. The van der Waals surface area contributed by atoms with Crippen molar-refractivity contribution >= 4 is 15.9 Å². The molecule has 1 aromatic carbocycles. The molecule has 0 fully saturated rings. The summed E-state index contributed by atoms with van der Waals surface area (Å²) < 4.78 is 26.8. The minimum Gasteiger partial charge on any atom is -0.274 e. The predicted molar refractivity (Wildman–Crippen MR) is 84.2 cm³/mol. The SMILES string of the molecule is CC(C)(C)C(C(=O)NS(=O)(=O)c1ccccc1)C(C)(C)C. The highest BCUT2D eigenvalue weighted by Crippen LogP contribution is 2.40. The van der Waals surface area contributed by atoms with E-state index in [0.29, 0.717) is 0 Å². The lowest BCUT2D eigenvalue weighted by molar-refractivity contribution is -0.131. The molecule has 0 unspecified atom stereocenters. The van der Waals surface area contributed by atoms with Gasteiger partial charge < -0.3 is 0 Å². The summed E-state index contributed by atoms with van der Waals surface area (Å²) in [5.41, 5.74) is -0.677. The van der Waals surface area contributed by atoms with Crippen LogP contribution in [0.25, 0.3) is 0 Å². The average Bonchev–Trinajstić information content (AvgIpc) is 2.25. The third-order valence-electron chi connectivity index (χ3n) is 3.28. The molecule has 5 heteroatoms. The van der Waals surface area contributed by atoms with Crippen LogP contribution in [0.4, 0.5) is 0 Å². The van der Waals surface area contributed by atoms with E-state index in [0.717, 1.165) is 0 Å². The quantitative estimate of drug-likeness (QED) is 0.932. The van der Waals surface area contributed by atoms with Crippen molar-refractivity contribution in [1.82, 2.24) is 4.72 Å². The van der Waals surface area contributed by atoms with Gasteiger partial charge in [0.2, 0.25) is 5.91 Å². The molecular weight excluding hydrogens is 286 g/mol. The summed E-state index contributed by atoms with van der Waals surface area (Å²) >= 11 is 0. The molecule has 4 nitrogen and oxygen atoms in total. The number of carbonyl (C=O) groups excluding carboxylic acids is 1. The fourth-order valence-electron chi connectivity index (χ4n) is 2.94. The third-order valence-corrected chi connectivity index (χ3v) is 4.65. The van der Waals surface area contributed by atoms with Crippen molar-refractivity contribution < 1.29 is 13.2 Å². The standard InChI is InChI=1S/C16H25NO3S/c1-15(2,3)13(16(4,5)6)14(18)17-21(19,20)12-10-8-7-9-11-12/h7-11,13H,1-6H3,(H,17,18). The number of hydrogen-bond acceptors (Lipinski definition) is 3. The Balaban J connectivity index is 3.09. The first-order valence-electron chi connectivity index (χ1n) is 6.97. The van der Waals surface area contributed by atoms with Crippen LogP contribution in [0.2, 0.25) is 0 Å². The van der Waals surface area contributed by atoms with Crippen LogP contribution in [0.3, 0.4) is 0 Å². The second-order valence-corrected chi connectivity index (χ2v) is 9.13. The van der Waals surface area contributed by atoms with Crippen molar-refractivity contribution in [2.75, 3.05) is 0 Å². The van der Waals surface area contributed by atoms with E-state index in [1.54, 1.807) is 18.2 Å². The lowest BCUT2D eigenvalue weighted by Crippen LogP contribution is -2.46. The van der Waals surface area contributed by atoms with Crippen LogP contribution in [-0.2, 0) is 14.8 Å². The van der Waals surface area contributed by atoms with E-state index in [-0.39, 0.29) is 15.7 Å². The molecule has 21 heavy (non-hydrogen) atoms. The highest BCUT2D eigenvalue weighted by atomic mass is 32.2. The molecule has 0 aliphatic rings. The van der Waals surface area contributed by atoms with Gasteiger partial charge in [-0.15, -0.1) is 0 Å². The molecule has 0 spiro atoms. The maximum atomic E-state index is 12.5. The normalized spacial score (nSPS) is 13.3. The lowest BCUT2D eigenvalue weighted by atomic mass is 9.66. The Labute approximate surface area is 128 Å². The van der Waals surface area contributed by atoms with Gasteiger partial charge in [-0.2, -0.15) is 0 Å². The fraction of sp³-hybridized carbons (Fsp3) is 0.562. The Bertz CT molecular complexity index is 579. The molecule has 1 aromatic rings. The molecule has 0 saturated carbocycles. The van der Waals surface area contributed by atoms with Gasteiger partial charge in [0.1, 0.15) is 0 Å². The summed E-state index contributed by atoms with van der Waals surface area (Å²) in [6.07, 6.45) is 0. The van der Waals surface area contributed by atoms with E-state index in [2.05, 4.69) is 4.72 Å². The highest BCUT2D eigenvalue weighted by Gasteiger charge is 2.41. The third kappa shape index (κ3) is 4.56.